The van der Waals surface area contributed by atoms with Gasteiger partial charge >= 0.3 is 0 Å². The van der Waals surface area contributed by atoms with Gasteiger partial charge < -0.3 is 16.0 Å². The number of ketones is 1. The zero-order chi connectivity index (χ0) is 19.1. The average molecular weight is 396 g/mol. The molecule has 0 radical (unpaired) electrons. The normalized spacial score (nSPS) is 18.9. The van der Waals surface area contributed by atoms with Gasteiger partial charge in [0, 0.05) is 23.0 Å². The van der Waals surface area contributed by atoms with Crippen molar-refractivity contribution in [2.24, 2.45) is 0 Å². The van der Waals surface area contributed by atoms with Gasteiger partial charge in [0.25, 0.3) is 0 Å². The van der Waals surface area contributed by atoms with Crippen molar-refractivity contribution in [1.82, 2.24) is 19.5 Å². The fraction of sp³-hybridized carbons (Fsp3) is 0.467. The number of sulfone groups is 1. The number of hydrogen-bond donors (Lipinski definition) is 2. The zero-order valence-electron chi connectivity index (χ0n) is 14.5. The van der Waals surface area contributed by atoms with Crippen LogP contribution in [0, 0.1) is 13.8 Å². The number of nitrogens with two attached hydrogens (primary N) is 2. The number of aryl methyl sites for hydroxylation is 1. The lowest BCUT2D eigenvalue weighted by atomic mass is 10.2. The molecular weight excluding hydrogens is 376 g/mol. The van der Waals surface area contributed by atoms with E-state index in [1.54, 1.807) is 6.07 Å². The van der Waals surface area contributed by atoms with Gasteiger partial charge in [0.1, 0.15) is 0 Å². The van der Waals surface area contributed by atoms with E-state index in [2.05, 4.69) is 15.0 Å². The molecule has 0 amide bonds. The Hall–Kier alpha value is -2.14. The van der Waals surface area contributed by atoms with Crippen LogP contribution in [0.4, 0.5) is 11.9 Å². The maximum absolute atomic E-state index is 12.6. The van der Waals surface area contributed by atoms with E-state index in [-0.39, 0.29) is 41.0 Å². The largest absolute Gasteiger partial charge is 0.368 e. The molecule has 0 aromatic carbocycles. The maximum Gasteiger partial charge on any atom is 0.225 e. The van der Waals surface area contributed by atoms with Crippen LogP contribution in [0.5, 0.6) is 0 Å². The smallest absolute Gasteiger partial charge is 0.225 e. The van der Waals surface area contributed by atoms with Crippen LogP contribution in [0.3, 0.4) is 0 Å². The van der Waals surface area contributed by atoms with Crippen LogP contribution in [0.25, 0.3) is 0 Å². The van der Waals surface area contributed by atoms with E-state index < -0.39 is 9.84 Å². The minimum absolute atomic E-state index is 0.00747. The van der Waals surface area contributed by atoms with E-state index in [9.17, 15) is 13.2 Å². The molecule has 0 spiro atoms. The maximum atomic E-state index is 12.6. The molecule has 0 unspecified atom stereocenters. The third kappa shape index (κ3) is 3.83. The van der Waals surface area contributed by atoms with Gasteiger partial charge in [-0.05, 0) is 26.3 Å². The highest BCUT2D eigenvalue weighted by Gasteiger charge is 2.31. The monoisotopic (exact) mass is 396 g/mol. The second-order valence-electron chi connectivity index (χ2n) is 6.26. The molecule has 0 aliphatic carbocycles. The van der Waals surface area contributed by atoms with Crippen LogP contribution >= 0.6 is 11.8 Å². The lowest BCUT2D eigenvalue weighted by Crippen LogP contribution is -2.14. The molecule has 11 heteroatoms. The van der Waals surface area contributed by atoms with Gasteiger partial charge in [0.05, 0.1) is 17.3 Å². The predicted octanol–water partition coefficient (Wildman–Crippen LogP) is 0.789. The molecule has 1 aliphatic rings. The first-order valence-corrected chi connectivity index (χ1v) is 10.8. The fourth-order valence-corrected chi connectivity index (χ4v) is 5.69. The predicted molar refractivity (Wildman–Crippen MR) is 99.9 cm³/mol. The summed E-state index contributed by atoms with van der Waals surface area (Å²) in [5.74, 6) is 0.357. The number of nitrogen functional groups attached to an aromatic ring is 2. The van der Waals surface area contributed by atoms with Crippen molar-refractivity contribution in [2.45, 2.75) is 31.5 Å². The molecule has 0 saturated carbocycles. The van der Waals surface area contributed by atoms with Crippen LogP contribution in [0.15, 0.2) is 11.2 Å². The third-order valence-electron chi connectivity index (χ3n) is 4.34. The number of rotatable bonds is 5. The van der Waals surface area contributed by atoms with Crippen LogP contribution < -0.4 is 11.5 Å². The highest BCUT2D eigenvalue weighted by Crippen LogP contribution is 2.30. The summed E-state index contributed by atoms with van der Waals surface area (Å²) < 4.78 is 25.5. The SMILES string of the molecule is Cc1cc(C(=O)CSc2nc(N)nc(N)n2)c(C)n1[C@@H]1CCS(=O)(=O)C1. The van der Waals surface area contributed by atoms with E-state index in [0.717, 1.165) is 23.1 Å². The van der Waals surface area contributed by atoms with Crippen molar-refractivity contribution in [3.63, 3.8) is 0 Å². The molecular formula is C15H20N6O3S2. The summed E-state index contributed by atoms with van der Waals surface area (Å²) in [6.07, 6.45) is 0.574. The number of hydrogen-bond acceptors (Lipinski definition) is 9. The molecule has 140 valence electrons. The number of thioether (sulfide) groups is 1. The van der Waals surface area contributed by atoms with Crippen LogP contribution in [0.2, 0.25) is 0 Å². The average Bonchev–Trinajstić information content (AvgIpc) is 3.03. The molecule has 4 N–H and O–H groups in total. The van der Waals surface area contributed by atoms with E-state index in [0.29, 0.717) is 17.1 Å². The fourth-order valence-electron chi connectivity index (χ4n) is 3.26. The third-order valence-corrected chi connectivity index (χ3v) is 6.94. The Balaban J connectivity index is 1.77. The molecule has 2 aromatic rings. The second kappa shape index (κ2) is 6.88. The number of carbonyl (C=O) groups excluding carboxylic acids is 1. The Morgan fingerprint density at radius 1 is 1.27 bits per heavy atom. The first-order valence-electron chi connectivity index (χ1n) is 7.98. The Kier molecular flexibility index (Phi) is 4.93. The summed E-state index contributed by atoms with van der Waals surface area (Å²) in [5.41, 5.74) is 13.3. The molecule has 1 fully saturated rings. The summed E-state index contributed by atoms with van der Waals surface area (Å²) in [5, 5.41) is 0.291. The minimum Gasteiger partial charge on any atom is -0.368 e. The number of aromatic nitrogens is 4. The van der Waals surface area contributed by atoms with Gasteiger partial charge in [-0.1, -0.05) is 11.8 Å². The minimum atomic E-state index is -3.00. The summed E-state index contributed by atoms with van der Waals surface area (Å²) in [4.78, 5) is 24.2. The lowest BCUT2D eigenvalue weighted by Gasteiger charge is -2.16. The molecule has 3 rings (SSSR count). The summed E-state index contributed by atoms with van der Waals surface area (Å²) in [6, 6.07) is 1.69. The van der Waals surface area contributed by atoms with Crippen molar-refractivity contribution in [3.8, 4) is 0 Å². The molecule has 1 saturated heterocycles. The van der Waals surface area contributed by atoms with E-state index in [1.165, 1.54) is 0 Å². The van der Waals surface area contributed by atoms with E-state index >= 15 is 0 Å². The second-order valence-corrected chi connectivity index (χ2v) is 9.43. The summed E-state index contributed by atoms with van der Waals surface area (Å²) >= 11 is 1.13. The Morgan fingerprint density at radius 2 is 1.92 bits per heavy atom. The Bertz CT molecular complexity index is 950. The molecule has 3 heterocycles. The van der Waals surface area contributed by atoms with E-state index in [1.807, 2.05) is 18.4 Å². The summed E-state index contributed by atoms with van der Waals surface area (Å²) in [6.45, 7) is 3.73. The molecule has 1 atom stereocenters. The molecule has 1 aliphatic heterocycles. The van der Waals surface area contributed by atoms with Gasteiger partial charge in [0.2, 0.25) is 11.9 Å². The number of anilines is 2. The van der Waals surface area contributed by atoms with Crippen LogP contribution in [-0.4, -0.2) is 51.0 Å². The lowest BCUT2D eigenvalue weighted by molar-refractivity contribution is 0.102. The van der Waals surface area contributed by atoms with Crippen molar-refractivity contribution in [3.05, 3.63) is 23.0 Å². The number of Topliss-reactive ketones (excluding diaryl/α,β-unsaturated/α-hetero) is 1. The van der Waals surface area contributed by atoms with Crippen molar-refractivity contribution >= 4 is 39.3 Å². The topological polar surface area (TPSA) is 147 Å². The van der Waals surface area contributed by atoms with Gasteiger partial charge in [0.15, 0.2) is 20.8 Å². The van der Waals surface area contributed by atoms with Crippen molar-refractivity contribution in [1.29, 1.82) is 0 Å². The Labute approximate surface area is 155 Å². The van der Waals surface area contributed by atoms with Crippen LogP contribution in [-0.2, 0) is 9.84 Å². The summed E-state index contributed by atoms with van der Waals surface area (Å²) in [7, 11) is -3.00. The van der Waals surface area contributed by atoms with Crippen molar-refractivity contribution in [2.75, 3.05) is 28.7 Å². The Morgan fingerprint density at radius 3 is 2.50 bits per heavy atom. The van der Waals surface area contributed by atoms with Crippen molar-refractivity contribution < 1.29 is 13.2 Å². The zero-order valence-corrected chi connectivity index (χ0v) is 16.1. The van der Waals surface area contributed by atoms with Crippen LogP contribution in [0.1, 0.15) is 34.2 Å². The number of carbonyl (C=O) groups is 1. The molecule has 2 aromatic heterocycles. The number of nitrogens with zero attached hydrogens (tertiary/aromatic N) is 4. The van der Waals surface area contributed by atoms with Gasteiger partial charge in [-0.25, -0.2) is 8.42 Å². The quantitative estimate of drug-likeness (QED) is 0.553. The van der Waals surface area contributed by atoms with Gasteiger partial charge in [-0.2, -0.15) is 15.0 Å². The molecule has 0 bridgehead atoms. The molecule has 26 heavy (non-hydrogen) atoms. The highest BCUT2D eigenvalue weighted by molar-refractivity contribution is 7.99. The first-order chi connectivity index (χ1) is 12.2. The highest BCUT2D eigenvalue weighted by atomic mass is 32.2. The first kappa shape index (κ1) is 18.6. The van der Waals surface area contributed by atoms with Gasteiger partial charge in [-0.15, -0.1) is 0 Å². The van der Waals surface area contributed by atoms with Gasteiger partial charge in [-0.3, -0.25) is 4.79 Å². The van der Waals surface area contributed by atoms with E-state index in [4.69, 9.17) is 11.5 Å². The molecule has 9 nitrogen and oxygen atoms in total. The standard InChI is InChI=1S/C15H20N6O3S2/c1-8-5-11(9(2)21(8)10-3-4-26(23,24)7-10)12(22)6-25-15-19-13(16)18-14(17)20-15/h5,10H,3-4,6-7H2,1-2H3,(H4,16,17,18,19,20)/t10-/m1/s1.